The average Bonchev–Trinajstić information content (AvgIpc) is 3.32. The molecule has 1 aromatic carbocycles. The van der Waals surface area contributed by atoms with E-state index in [2.05, 4.69) is 11.8 Å². The number of benzene rings is 1. The van der Waals surface area contributed by atoms with E-state index < -0.39 is 26.6 Å². The second-order valence-electron chi connectivity index (χ2n) is 8.06. The Hall–Kier alpha value is -3.17. The molecule has 1 aliphatic heterocycles. The number of carbonyl (C=O) groups is 2. The molecule has 4 N–H and O–H groups in total. The molecule has 2 amide bonds. The van der Waals surface area contributed by atoms with E-state index >= 15 is 0 Å². The molecule has 33 heavy (non-hydrogen) atoms. The van der Waals surface area contributed by atoms with Gasteiger partial charge in [-0.1, -0.05) is 24.0 Å². The Balaban J connectivity index is 1.69. The Morgan fingerprint density at radius 1 is 1.24 bits per heavy atom. The summed E-state index contributed by atoms with van der Waals surface area (Å²) in [5.74, 6) is 4.90. The molecule has 10 nitrogen and oxygen atoms in total. The third-order valence-electron chi connectivity index (χ3n) is 5.81. The lowest BCUT2D eigenvalue weighted by atomic mass is 10.1. The third kappa shape index (κ3) is 4.94. The molecule has 11 heteroatoms. The fourth-order valence-corrected chi connectivity index (χ4v) is 4.28. The van der Waals surface area contributed by atoms with Gasteiger partial charge in [0, 0.05) is 35.8 Å². The molecule has 2 heterocycles. The molecule has 2 atom stereocenters. The number of sulfone groups is 1. The lowest BCUT2D eigenvalue weighted by Crippen LogP contribution is -2.50. The second kappa shape index (κ2) is 9.36. The SMILES string of the molecule is C[C@@](CCN1Cc2cc(C#Cc3ccc([C@@H](O)CO)cc3)cn2C1=O)(C(=O)NO)S(C)(=O)=O. The van der Waals surface area contributed by atoms with Crippen LogP contribution in [-0.4, -0.2) is 69.4 Å². The molecule has 0 saturated carbocycles. The number of carbonyl (C=O) groups excluding carboxylic acids is 2. The Bertz CT molecular complexity index is 1220. The first-order valence-corrected chi connectivity index (χ1v) is 11.9. The van der Waals surface area contributed by atoms with Gasteiger partial charge in [0.15, 0.2) is 14.6 Å². The van der Waals surface area contributed by atoms with Gasteiger partial charge in [0.25, 0.3) is 5.91 Å². The van der Waals surface area contributed by atoms with E-state index in [1.807, 2.05) is 0 Å². The normalized spacial score (nSPS) is 15.9. The van der Waals surface area contributed by atoms with Crippen molar-refractivity contribution in [3.63, 3.8) is 0 Å². The lowest BCUT2D eigenvalue weighted by Gasteiger charge is -2.27. The van der Waals surface area contributed by atoms with E-state index in [4.69, 9.17) is 10.3 Å². The maximum atomic E-state index is 12.7. The van der Waals surface area contributed by atoms with Crippen LogP contribution < -0.4 is 5.48 Å². The smallest absolute Gasteiger partial charge is 0.328 e. The number of hydrogen-bond donors (Lipinski definition) is 4. The van der Waals surface area contributed by atoms with Gasteiger partial charge in [0.2, 0.25) is 0 Å². The third-order valence-corrected chi connectivity index (χ3v) is 7.83. The zero-order valence-electron chi connectivity index (χ0n) is 18.1. The van der Waals surface area contributed by atoms with Crippen molar-refractivity contribution < 1.29 is 33.4 Å². The summed E-state index contributed by atoms with van der Waals surface area (Å²) >= 11 is 0. The minimum Gasteiger partial charge on any atom is -0.393 e. The minimum atomic E-state index is -3.85. The van der Waals surface area contributed by atoms with Crippen LogP contribution in [0.3, 0.4) is 0 Å². The summed E-state index contributed by atoms with van der Waals surface area (Å²) in [6.45, 7) is 1.08. The van der Waals surface area contributed by atoms with Crippen LogP contribution in [0.2, 0.25) is 0 Å². The number of hydroxylamine groups is 1. The lowest BCUT2D eigenvalue weighted by molar-refractivity contribution is -0.131. The van der Waals surface area contributed by atoms with E-state index in [9.17, 15) is 23.1 Å². The number of rotatable bonds is 7. The number of hydrogen-bond acceptors (Lipinski definition) is 7. The number of nitrogens with zero attached hydrogens (tertiary/aromatic N) is 2. The number of aromatic nitrogens is 1. The summed E-state index contributed by atoms with van der Waals surface area (Å²) in [7, 11) is -3.85. The summed E-state index contributed by atoms with van der Waals surface area (Å²) < 4.78 is 23.7. The molecular weight excluding hydrogens is 450 g/mol. The molecule has 2 aromatic rings. The first kappa shape index (κ1) is 24.5. The van der Waals surface area contributed by atoms with Crippen molar-refractivity contribution in [1.29, 1.82) is 0 Å². The Kier molecular flexibility index (Phi) is 6.94. The van der Waals surface area contributed by atoms with Crippen molar-refractivity contribution in [3.05, 3.63) is 58.9 Å². The number of nitrogens with one attached hydrogen (secondary N) is 1. The summed E-state index contributed by atoms with van der Waals surface area (Å²) in [4.78, 5) is 26.1. The van der Waals surface area contributed by atoms with Crippen LogP contribution in [0.15, 0.2) is 36.5 Å². The van der Waals surface area contributed by atoms with Crippen LogP contribution >= 0.6 is 0 Å². The van der Waals surface area contributed by atoms with Crippen LogP contribution in [0.1, 0.15) is 41.8 Å². The zero-order chi connectivity index (χ0) is 24.4. The van der Waals surface area contributed by atoms with E-state index in [1.54, 1.807) is 36.5 Å². The molecule has 176 valence electrons. The van der Waals surface area contributed by atoms with Crippen LogP contribution in [0.5, 0.6) is 0 Å². The number of amides is 2. The van der Waals surface area contributed by atoms with Gasteiger partial charge in [-0.3, -0.25) is 14.6 Å². The standard InChI is InChI=1S/C22H25N3O7S/c1-22(20(28)23-30,33(2,31)32)9-10-24-13-18-11-16(12-25(18)21(24)29)4-3-15-5-7-17(8-6-15)19(27)14-26/h5-8,11-12,19,26-27,30H,9-10,13-14H2,1-2H3,(H,23,28)/t19-,22+/m0/s1. The first-order valence-electron chi connectivity index (χ1n) is 10.1. The van der Waals surface area contributed by atoms with Gasteiger partial charge in [0.1, 0.15) is 6.10 Å². The van der Waals surface area contributed by atoms with Gasteiger partial charge in [0.05, 0.1) is 13.2 Å². The average molecular weight is 476 g/mol. The minimum absolute atomic E-state index is 0.00452. The number of aliphatic hydroxyl groups is 2. The predicted octanol–water partition coefficient (Wildman–Crippen LogP) is 0.396. The molecular formula is C22H25N3O7S. The number of fused-ring (bicyclic) bond motifs is 1. The maximum Gasteiger partial charge on any atom is 0.328 e. The molecule has 0 unspecified atom stereocenters. The van der Waals surface area contributed by atoms with Crippen molar-refractivity contribution in [2.45, 2.75) is 30.7 Å². The largest absolute Gasteiger partial charge is 0.393 e. The fraction of sp³-hybridized carbons (Fsp3) is 0.364. The van der Waals surface area contributed by atoms with Crippen LogP contribution in [0.4, 0.5) is 4.79 Å². The van der Waals surface area contributed by atoms with E-state index in [0.29, 0.717) is 22.4 Å². The zero-order valence-corrected chi connectivity index (χ0v) is 19.0. The van der Waals surface area contributed by atoms with Crippen molar-refractivity contribution >= 4 is 21.8 Å². The first-order chi connectivity index (χ1) is 15.5. The van der Waals surface area contributed by atoms with E-state index in [1.165, 1.54) is 21.9 Å². The fourth-order valence-electron chi connectivity index (χ4n) is 3.44. The Labute approximate surface area is 191 Å². The van der Waals surface area contributed by atoms with Gasteiger partial charge >= 0.3 is 6.03 Å². The molecule has 0 saturated heterocycles. The monoisotopic (exact) mass is 475 g/mol. The van der Waals surface area contributed by atoms with Gasteiger partial charge in [-0.05, 0) is 37.1 Å². The molecule has 0 bridgehead atoms. The molecule has 1 aromatic heterocycles. The van der Waals surface area contributed by atoms with Crippen LogP contribution in [0.25, 0.3) is 0 Å². The molecule has 3 rings (SSSR count). The summed E-state index contributed by atoms with van der Waals surface area (Å²) in [6, 6.07) is 8.19. The highest BCUT2D eigenvalue weighted by Crippen LogP contribution is 2.25. The van der Waals surface area contributed by atoms with Crippen molar-refractivity contribution in [1.82, 2.24) is 14.9 Å². The second-order valence-corrected chi connectivity index (χ2v) is 10.5. The van der Waals surface area contributed by atoms with Gasteiger partial charge in [-0.15, -0.1) is 0 Å². The number of aliphatic hydroxyl groups excluding tert-OH is 2. The van der Waals surface area contributed by atoms with E-state index in [0.717, 1.165) is 6.26 Å². The topological polar surface area (TPSA) is 149 Å². The van der Waals surface area contributed by atoms with Crippen molar-refractivity contribution in [3.8, 4) is 11.8 Å². The highest BCUT2D eigenvalue weighted by molar-refractivity contribution is 7.92. The molecule has 0 spiro atoms. The summed E-state index contributed by atoms with van der Waals surface area (Å²) in [5, 5.41) is 27.5. The van der Waals surface area contributed by atoms with Crippen molar-refractivity contribution in [2.75, 3.05) is 19.4 Å². The van der Waals surface area contributed by atoms with E-state index in [-0.39, 0.29) is 32.1 Å². The quantitative estimate of drug-likeness (QED) is 0.257. The maximum absolute atomic E-state index is 12.7. The molecule has 1 aliphatic rings. The highest BCUT2D eigenvalue weighted by Gasteiger charge is 2.44. The van der Waals surface area contributed by atoms with Gasteiger partial charge in [-0.25, -0.2) is 18.7 Å². The van der Waals surface area contributed by atoms with Crippen LogP contribution in [0, 0.1) is 11.8 Å². The Morgan fingerprint density at radius 3 is 2.42 bits per heavy atom. The van der Waals surface area contributed by atoms with Crippen LogP contribution in [-0.2, 0) is 21.2 Å². The summed E-state index contributed by atoms with van der Waals surface area (Å²) in [5.41, 5.74) is 3.98. The Morgan fingerprint density at radius 2 is 1.88 bits per heavy atom. The van der Waals surface area contributed by atoms with Crippen molar-refractivity contribution in [2.24, 2.45) is 0 Å². The molecule has 0 radical (unpaired) electrons. The molecule has 0 aliphatic carbocycles. The van der Waals surface area contributed by atoms with Gasteiger partial charge < -0.3 is 15.1 Å². The van der Waals surface area contributed by atoms with Gasteiger partial charge in [-0.2, -0.15) is 0 Å². The highest BCUT2D eigenvalue weighted by atomic mass is 32.2. The molecule has 0 fully saturated rings. The predicted molar refractivity (Wildman–Crippen MR) is 118 cm³/mol. The summed E-state index contributed by atoms with van der Waals surface area (Å²) in [6.07, 6.45) is 1.38.